The van der Waals surface area contributed by atoms with Gasteiger partial charge in [0.2, 0.25) is 0 Å². The van der Waals surface area contributed by atoms with E-state index in [1.807, 2.05) is 41.8 Å². The second-order valence-corrected chi connectivity index (χ2v) is 6.21. The van der Waals surface area contributed by atoms with E-state index in [0.29, 0.717) is 12.2 Å². The third-order valence-corrected chi connectivity index (χ3v) is 4.57. The molecule has 1 amide bonds. The molecule has 0 radical (unpaired) electrons. The van der Waals surface area contributed by atoms with E-state index >= 15 is 0 Å². The number of fused-ring (bicyclic) bond motifs is 1. The van der Waals surface area contributed by atoms with E-state index in [4.69, 9.17) is 0 Å². The molecule has 2 aromatic heterocycles. The maximum absolute atomic E-state index is 12.1. The van der Waals surface area contributed by atoms with Crippen LogP contribution in [-0.2, 0) is 6.54 Å². The second-order valence-electron chi connectivity index (χ2n) is 4.30. The van der Waals surface area contributed by atoms with Gasteiger partial charge in [0.15, 0.2) is 0 Å². The van der Waals surface area contributed by atoms with Gasteiger partial charge in [-0.3, -0.25) is 4.79 Å². The maximum Gasteiger partial charge on any atom is 0.270 e. The molecule has 0 spiro atoms. The van der Waals surface area contributed by atoms with Crippen LogP contribution in [0.2, 0.25) is 0 Å². The summed E-state index contributed by atoms with van der Waals surface area (Å²) >= 11 is 5.00. The Morgan fingerprint density at radius 1 is 1.25 bits per heavy atom. The van der Waals surface area contributed by atoms with Crippen molar-refractivity contribution < 1.29 is 4.79 Å². The standard InChI is InChI=1S/C15H11BrN2OS/c16-11-7-12(20-9-11)8-17-15(19)14-6-5-10-3-1-2-4-13(10)18-14/h1-7,9H,8H2,(H,17,19). The van der Waals surface area contributed by atoms with Crippen molar-refractivity contribution in [3.63, 3.8) is 0 Å². The number of pyridine rings is 1. The Labute approximate surface area is 128 Å². The first kappa shape index (κ1) is 13.3. The molecule has 0 saturated heterocycles. The Hall–Kier alpha value is -1.72. The molecule has 0 bridgehead atoms. The number of para-hydroxylation sites is 1. The maximum atomic E-state index is 12.1. The number of thiophene rings is 1. The summed E-state index contributed by atoms with van der Waals surface area (Å²) in [6.07, 6.45) is 0. The first-order valence-corrected chi connectivity index (χ1v) is 7.76. The van der Waals surface area contributed by atoms with E-state index in [2.05, 4.69) is 26.2 Å². The summed E-state index contributed by atoms with van der Waals surface area (Å²) in [4.78, 5) is 17.6. The van der Waals surface area contributed by atoms with Gasteiger partial charge in [-0.1, -0.05) is 24.3 Å². The molecular formula is C15H11BrN2OS. The Bertz CT molecular complexity index is 769. The molecule has 2 heterocycles. The lowest BCUT2D eigenvalue weighted by Gasteiger charge is -2.04. The third kappa shape index (κ3) is 2.89. The van der Waals surface area contributed by atoms with Crippen LogP contribution in [0.1, 0.15) is 15.4 Å². The minimum atomic E-state index is -0.153. The molecule has 100 valence electrons. The number of halogens is 1. The van der Waals surface area contributed by atoms with E-state index < -0.39 is 0 Å². The molecule has 0 fully saturated rings. The zero-order chi connectivity index (χ0) is 13.9. The lowest BCUT2D eigenvalue weighted by molar-refractivity contribution is 0.0946. The Kier molecular flexibility index (Phi) is 3.80. The van der Waals surface area contributed by atoms with Crippen LogP contribution in [0, 0.1) is 0 Å². The van der Waals surface area contributed by atoms with Crippen LogP contribution in [0.25, 0.3) is 10.9 Å². The first-order chi connectivity index (χ1) is 9.72. The summed E-state index contributed by atoms with van der Waals surface area (Å²) in [6.45, 7) is 0.517. The Morgan fingerprint density at radius 3 is 2.90 bits per heavy atom. The van der Waals surface area contributed by atoms with Crippen LogP contribution < -0.4 is 5.32 Å². The summed E-state index contributed by atoms with van der Waals surface area (Å²) in [5, 5.41) is 5.91. The highest BCUT2D eigenvalue weighted by Gasteiger charge is 2.08. The van der Waals surface area contributed by atoms with Gasteiger partial charge in [0.1, 0.15) is 5.69 Å². The summed E-state index contributed by atoms with van der Waals surface area (Å²) in [7, 11) is 0. The number of carbonyl (C=O) groups excluding carboxylic acids is 1. The van der Waals surface area contributed by atoms with Gasteiger partial charge in [-0.05, 0) is 34.1 Å². The van der Waals surface area contributed by atoms with Gasteiger partial charge in [-0.15, -0.1) is 11.3 Å². The van der Waals surface area contributed by atoms with Gasteiger partial charge in [0.25, 0.3) is 5.91 Å². The molecule has 3 aromatic rings. The number of rotatable bonds is 3. The average molecular weight is 347 g/mol. The number of benzene rings is 1. The molecule has 0 aliphatic rings. The van der Waals surface area contributed by atoms with Crippen molar-refractivity contribution >= 4 is 44.1 Å². The summed E-state index contributed by atoms with van der Waals surface area (Å²) in [6, 6.07) is 13.4. The fraction of sp³-hybridized carbons (Fsp3) is 0.0667. The van der Waals surface area contributed by atoms with E-state index in [1.165, 1.54) is 0 Å². The highest BCUT2D eigenvalue weighted by Crippen LogP contribution is 2.19. The van der Waals surface area contributed by atoms with Crippen LogP contribution in [0.4, 0.5) is 0 Å². The predicted octanol–water partition coefficient (Wildman–Crippen LogP) is 3.99. The highest BCUT2D eigenvalue weighted by molar-refractivity contribution is 9.10. The lowest BCUT2D eigenvalue weighted by Crippen LogP contribution is -2.23. The van der Waals surface area contributed by atoms with Gasteiger partial charge in [0, 0.05) is 20.1 Å². The van der Waals surface area contributed by atoms with Crippen LogP contribution in [0.15, 0.2) is 52.3 Å². The van der Waals surface area contributed by atoms with Gasteiger partial charge in [-0.25, -0.2) is 4.98 Å². The normalized spacial score (nSPS) is 10.7. The van der Waals surface area contributed by atoms with Gasteiger partial charge in [0.05, 0.1) is 12.1 Å². The molecule has 0 aliphatic carbocycles. The summed E-state index contributed by atoms with van der Waals surface area (Å²) in [5.74, 6) is -0.153. The zero-order valence-electron chi connectivity index (χ0n) is 10.5. The van der Waals surface area contributed by atoms with Crippen LogP contribution in [0.3, 0.4) is 0 Å². The largest absolute Gasteiger partial charge is 0.346 e. The third-order valence-electron chi connectivity index (χ3n) is 2.88. The Balaban J connectivity index is 1.75. The average Bonchev–Trinajstić information content (AvgIpc) is 2.90. The SMILES string of the molecule is O=C(NCc1cc(Br)cs1)c1ccc2ccccc2n1. The minimum absolute atomic E-state index is 0.153. The topological polar surface area (TPSA) is 42.0 Å². The summed E-state index contributed by atoms with van der Waals surface area (Å²) in [5.41, 5.74) is 1.28. The smallest absolute Gasteiger partial charge is 0.270 e. The van der Waals surface area contributed by atoms with Crippen molar-refractivity contribution in [2.45, 2.75) is 6.54 Å². The fourth-order valence-electron chi connectivity index (χ4n) is 1.90. The first-order valence-electron chi connectivity index (χ1n) is 6.09. The molecule has 20 heavy (non-hydrogen) atoms. The van der Waals surface area contributed by atoms with Crippen molar-refractivity contribution in [1.82, 2.24) is 10.3 Å². The number of carbonyl (C=O) groups is 1. The van der Waals surface area contributed by atoms with Gasteiger partial charge in [-0.2, -0.15) is 0 Å². The van der Waals surface area contributed by atoms with Crippen LogP contribution >= 0.6 is 27.3 Å². The van der Waals surface area contributed by atoms with Crippen molar-refractivity contribution in [3.05, 3.63) is 62.9 Å². The van der Waals surface area contributed by atoms with Gasteiger partial charge >= 0.3 is 0 Å². The van der Waals surface area contributed by atoms with Crippen molar-refractivity contribution in [2.75, 3.05) is 0 Å². The van der Waals surface area contributed by atoms with E-state index in [1.54, 1.807) is 17.4 Å². The van der Waals surface area contributed by atoms with Crippen LogP contribution in [-0.4, -0.2) is 10.9 Å². The zero-order valence-corrected chi connectivity index (χ0v) is 12.9. The molecule has 0 aliphatic heterocycles. The highest BCUT2D eigenvalue weighted by atomic mass is 79.9. The number of aromatic nitrogens is 1. The number of hydrogen-bond donors (Lipinski definition) is 1. The molecule has 0 atom stereocenters. The number of nitrogens with one attached hydrogen (secondary N) is 1. The minimum Gasteiger partial charge on any atom is -0.346 e. The second kappa shape index (κ2) is 5.73. The Morgan fingerprint density at radius 2 is 2.10 bits per heavy atom. The molecular weight excluding hydrogens is 336 g/mol. The van der Waals surface area contributed by atoms with Crippen molar-refractivity contribution in [3.8, 4) is 0 Å². The van der Waals surface area contributed by atoms with Gasteiger partial charge < -0.3 is 5.32 Å². The molecule has 5 heteroatoms. The number of amides is 1. The fourth-order valence-corrected chi connectivity index (χ4v) is 3.29. The lowest BCUT2D eigenvalue weighted by atomic mass is 10.2. The monoisotopic (exact) mass is 346 g/mol. The summed E-state index contributed by atoms with van der Waals surface area (Å²) < 4.78 is 1.04. The van der Waals surface area contributed by atoms with E-state index in [9.17, 15) is 4.79 Å². The molecule has 1 N–H and O–H groups in total. The molecule has 3 nitrogen and oxygen atoms in total. The molecule has 0 saturated carbocycles. The van der Waals surface area contributed by atoms with E-state index in [0.717, 1.165) is 20.3 Å². The number of nitrogens with zero attached hydrogens (tertiary/aromatic N) is 1. The molecule has 3 rings (SSSR count). The van der Waals surface area contributed by atoms with Crippen LogP contribution in [0.5, 0.6) is 0 Å². The quantitative estimate of drug-likeness (QED) is 0.778. The predicted molar refractivity (Wildman–Crippen MR) is 84.9 cm³/mol. The van der Waals surface area contributed by atoms with Crippen molar-refractivity contribution in [2.24, 2.45) is 0 Å². The van der Waals surface area contributed by atoms with E-state index in [-0.39, 0.29) is 5.91 Å². The van der Waals surface area contributed by atoms with Crippen molar-refractivity contribution in [1.29, 1.82) is 0 Å². The number of hydrogen-bond acceptors (Lipinski definition) is 3. The molecule has 1 aromatic carbocycles. The molecule has 0 unspecified atom stereocenters.